The van der Waals surface area contributed by atoms with E-state index in [0.717, 1.165) is 25.1 Å². The Hall–Kier alpha value is -1.75. The van der Waals surface area contributed by atoms with Gasteiger partial charge in [-0.15, -0.1) is 0 Å². The lowest BCUT2D eigenvalue weighted by molar-refractivity contribution is 0.0785. The zero-order valence-corrected chi connectivity index (χ0v) is 10.2. The van der Waals surface area contributed by atoms with Gasteiger partial charge >= 0.3 is 0 Å². The number of hydrogen-bond donors (Lipinski definition) is 0. The first-order valence-electron chi connectivity index (χ1n) is 5.98. The quantitative estimate of drug-likeness (QED) is 0.751. The average Bonchev–Trinajstić information content (AvgIpc) is 2.36. The number of fused-ring (bicyclic) bond motifs is 1. The predicted molar refractivity (Wildman–Crippen MR) is 65.8 cm³/mol. The SMILES string of the molecule is COC1CN(c2cc3c(cc2C=O)OCCO3)C1. The maximum atomic E-state index is 11.2. The Kier molecular flexibility index (Phi) is 2.83. The van der Waals surface area contributed by atoms with Gasteiger partial charge in [0.1, 0.15) is 13.2 Å². The van der Waals surface area contributed by atoms with Gasteiger partial charge in [0.05, 0.1) is 11.8 Å². The van der Waals surface area contributed by atoms with E-state index in [1.54, 1.807) is 13.2 Å². The van der Waals surface area contributed by atoms with E-state index in [9.17, 15) is 4.79 Å². The van der Waals surface area contributed by atoms with E-state index in [-0.39, 0.29) is 6.10 Å². The number of benzene rings is 1. The summed E-state index contributed by atoms with van der Waals surface area (Å²) in [5.41, 5.74) is 1.52. The summed E-state index contributed by atoms with van der Waals surface area (Å²) in [6.07, 6.45) is 1.10. The Balaban J connectivity index is 1.91. The highest BCUT2D eigenvalue weighted by molar-refractivity contribution is 5.87. The first-order chi connectivity index (χ1) is 8.81. The van der Waals surface area contributed by atoms with Crippen molar-refractivity contribution in [3.05, 3.63) is 17.7 Å². The fourth-order valence-electron chi connectivity index (χ4n) is 2.25. The lowest BCUT2D eigenvalue weighted by Gasteiger charge is -2.40. The lowest BCUT2D eigenvalue weighted by Crippen LogP contribution is -2.52. The summed E-state index contributed by atoms with van der Waals surface area (Å²) >= 11 is 0. The molecular weight excluding hydrogens is 234 g/mol. The monoisotopic (exact) mass is 249 g/mol. The second-order valence-corrected chi connectivity index (χ2v) is 4.44. The van der Waals surface area contributed by atoms with Gasteiger partial charge in [-0.05, 0) is 6.07 Å². The predicted octanol–water partition coefficient (Wildman–Crippen LogP) is 1.11. The molecule has 2 aliphatic rings. The van der Waals surface area contributed by atoms with Crippen LogP contribution in [0.25, 0.3) is 0 Å². The van der Waals surface area contributed by atoms with Crippen molar-refractivity contribution in [2.45, 2.75) is 6.10 Å². The molecule has 3 rings (SSSR count). The number of anilines is 1. The van der Waals surface area contributed by atoms with E-state index in [2.05, 4.69) is 4.90 Å². The Labute approximate surface area is 105 Å². The van der Waals surface area contributed by atoms with Gasteiger partial charge in [0, 0.05) is 31.8 Å². The van der Waals surface area contributed by atoms with E-state index >= 15 is 0 Å². The number of methoxy groups -OCH3 is 1. The summed E-state index contributed by atoms with van der Waals surface area (Å²) in [5, 5.41) is 0. The minimum atomic E-state index is 0.248. The van der Waals surface area contributed by atoms with Crippen LogP contribution in [0.3, 0.4) is 0 Å². The van der Waals surface area contributed by atoms with Crippen LogP contribution < -0.4 is 14.4 Å². The normalized spacial score (nSPS) is 18.4. The topological polar surface area (TPSA) is 48.0 Å². The molecule has 0 amide bonds. The summed E-state index contributed by atoms with van der Waals surface area (Å²) in [4.78, 5) is 13.3. The molecule has 0 aliphatic carbocycles. The van der Waals surface area contributed by atoms with Crippen LogP contribution in [0.15, 0.2) is 12.1 Å². The number of nitrogens with zero attached hydrogens (tertiary/aromatic N) is 1. The maximum Gasteiger partial charge on any atom is 0.163 e. The van der Waals surface area contributed by atoms with Gasteiger partial charge in [0.25, 0.3) is 0 Å². The molecule has 0 spiro atoms. The van der Waals surface area contributed by atoms with Crippen molar-refractivity contribution in [2.24, 2.45) is 0 Å². The van der Waals surface area contributed by atoms with Gasteiger partial charge in [0.15, 0.2) is 17.8 Å². The highest BCUT2D eigenvalue weighted by Gasteiger charge is 2.29. The summed E-state index contributed by atoms with van der Waals surface area (Å²) in [6.45, 7) is 2.68. The van der Waals surface area contributed by atoms with Crippen molar-refractivity contribution in [2.75, 3.05) is 38.3 Å². The summed E-state index contributed by atoms with van der Waals surface area (Å²) in [5.74, 6) is 1.36. The molecule has 1 fully saturated rings. The van der Waals surface area contributed by atoms with Crippen molar-refractivity contribution in [3.8, 4) is 11.5 Å². The lowest BCUT2D eigenvalue weighted by atomic mass is 10.1. The summed E-state index contributed by atoms with van der Waals surface area (Å²) in [6, 6.07) is 3.63. The van der Waals surface area contributed by atoms with Gasteiger partial charge in [-0.25, -0.2) is 0 Å². The fourth-order valence-corrected chi connectivity index (χ4v) is 2.25. The molecule has 18 heavy (non-hydrogen) atoms. The standard InChI is InChI=1S/C13H15NO4/c1-16-10-6-14(7-10)11-5-13-12(4-9(11)8-15)17-2-3-18-13/h4-5,8,10H,2-3,6-7H2,1H3. The third kappa shape index (κ3) is 1.80. The summed E-state index contributed by atoms with van der Waals surface area (Å²) in [7, 11) is 1.70. The molecule has 0 aromatic heterocycles. The van der Waals surface area contributed by atoms with Crippen LogP contribution >= 0.6 is 0 Å². The van der Waals surface area contributed by atoms with Crippen LogP contribution in [0.4, 0.5) is 5.69 Å². The number of aldehydes is 1. The molecule has 0 atom stereocenters. The van der Waals surface area contributed by atoms with Crippen LogP contribution in [-0.4, -0.2) is 45.8 Å². The third-order valence-electron chi connectivity index (χ3n) is 3.34. The fraction of sp³-hybridized carbons (Fsp3) is 0.462. The molecule has 0 N–H and O–H groups in total. The van der Waals surface area contributed by atoms with E-state index in [0.29, 0.717) is 30.3 Å². The van der Waals surface area contributed by atoms with E-state index < -0.39 is 0 Å². The van der Waals surface area contributed by atoms with Crippen LogP contribution in [-0.2, 0) is 4.74 Å². The van der Waals surface area contributed by atoms with Crippen LogP contribution in [0.5, 0.6) is 11.5 Å². The van der Waals surface area contributed by atoms with E-state index in [1.165, 1.54) is 0 Å². The van der Waals surface area contributed by atoms with E-state index in [1.807, 2.05) is 6.07 Å². The molecule has 1 saturated heterocycles. The molecule has 0 bridgehead atoms. The molecular formula is C13H15NO4. The molecule has 2 heterocycles. The molecule has 0 saturated carbocycles. The van der Waals surface area contributed by atoms with Crippen molar-refractivity contribution in [3.63, 3.8) is 0 Å². The minimum absolute atomic E-state index is 0.248. The Bertz CT molecular complexity index is 468. The van der Waals surface area contributed by atoms with Gasteiger partial charge in [-0.1, -0.05) is 0 Å². The molecule has 2 aliphatic heterocycles. The second-order valence-electron chi connectivity index (χ2n) is 4.44. The molecule has 5 heteroatoms. The van der Waals surface area contributed by atoms with E-state index in [4.69, 9.17) is 14.2 Å². The Morgan fingerprint density at radius 2 is 1.94 bits per heavy atom. The van der Waals surface area contributed by atoms with Crippen LogP contribution in [0.1, 0.15) is 10.4 Å². The number of rotatable bonds is 3. The highest BCUT2D eigenvalue weighted by Crippen LogP contribution is 2.38. The zero-order chi connectivity index (χ0) is 12.5. The van der Waals surface area contributed by atoms with Gasteiger partial charge < -0.3 is 19.1 Å². The smallest absolute Gasteiger partial charge is 0.163 e. The van der Waals surface area contributed by atoms with Crippen molar-refractivity contribution in [1.82, 2.24) is 0 Å². The van der Waals surface area contributed by atoms with Crippen molar-refractivity contribution < 1.29 is 19.0 Å². The zero-order valence-electron chi connectivity index (χ0n) is 10.2. The molecule has 96 valence electrons. The van der Waals surface area contributed by atoms with Crippen molar-refractivity contribution in [1.29, 1.82) is 0 Å². The van der Waals surface area contributed by atoms with Crippen molar-refractivity contribution >= 4 is 12.0 Å². The average molecular weight is 249 g/mol. The highest BCUT2D eigenvalue weighted by atomic mass is 16.6. The molecule has 0 radical (unpaired) electrons. The molecule has 1 aromatic carbocycles. The first kappa shape index (κ1) is 11.3. The third-order valence-corrected chi connectivity index (χ3v) is 3.34. The molecule has 5 nitrogen and oxygen atoms in total. The van der Waals surface area contributed by atoms with Gasteiger partial charge in [0.2, 0.25) is 0 Å². The Morgan fingerprint density at radius 3 is 2.56 bits per heavy atom. The number of carbonyl (C=O) groups excluding carboxylic acids is 1. The number of carbonyl (C=O) groups is 1. The second kappa shape index (κ2) is 4.49. The minimum Gasteiger partial charge on any atom is -0.486 e. The Morgan fingerprint density at radius 1 is 1.28 bits per heavy atom. The number of hydrogen-bond acceptors (Lipinski definition) is 5. The van der Waals surface area contributed by atoms with Crippen LogP contribution in [0, 0.1) is 0 Å². The largest absolute Gasteiger partial charge is 0.486 e. The maximum absolute atomic E-state index is 11.2. The molecule has 1 aromatic rings. The summed E-state index contributed by atoms with van der Waals surface area (Å²) < 4.78 is 16.2. The van der Waals surface area contributed by atoms with Crippen LogP contribution in [0.2, 0.25) is 0 Å². The number of ether oxygens (including phenoxy) is 3. The van der Waals surface area contributed by atoms with Gasteiger partial charge in [-0.2, -0.15) is 0 Å². The first-order valence-corrected chi connectivity index (χ1v) is 5.98. The van der Waals surface area contributed by atoms with Gasteiger partial charge in [-0.3, -0.25) is 4.79 Å². The molecule has 0 unspecified atom stereocenters.